The van der Waals surface area contributed by atoms with Gasteiger partial charge in [-0.2, -0.15) is 0 Å². The highest BCUT2D eigenvalue weighted by molar-refractivity contribution is 5.76. The molecular formula is C77H147NO5. The summed E-state index contributed by atoms with van der Waals surface area (Å²) in [5.41, 5.74) is 0. The highest BCUT2D eigenvalue weighted by atomic mass is 16.5. The molecule has 3 N–H and O–H groups in total. The number of carbonyl (C=O) groups excluding carboxylic acids is 2. The molecule has 0 aliphatic heterocycles. The maximum absolute atomic E-state index is 12.5. The molecule has 0 aliphatic carbocycles. The molecular weight excluding hydrogens is 1020 g/mol. The van der Waals surface area contributed by atoms with Crippen LogP contribution in [0.3, 0.4) is 0 Å². The first-order valence-electron chi connectivity index (χ1n) is 37.8. The molecule has 1 amide bonds. The van der Waals surface area contributed by atoms with Crippen LogP contribution in [0.25, 0.3) is 0 Å². The van der Waals surface area contributed by atoms with Crippen LogP contribution in [-0.2, 0) is 14.3 Å². The van der Waals surface area contributed by atoms with Crippen LogP contribution in [0.2, 0.25) is 0 Å². The number of esters is 1. The Morgan fingerprint density at radius 3 is 0.916 bits per heavy atom. The molecule has 0 aromatic heterocycles. The molecule has 0 fully saturated rings. The first-order valence-corrected chi connectivity index (χ1v) is 37.8. The maximum atomic E-state index is 12.5. The van der Waals surface area contributed by atoms with Gasteiger partial charge in [0, 0.05) is 12.8 Å². The lowest BCUT2D eigenvalue weighted by atomic mass is 10.0. The standard InChI is InChI=1S/C77H147NO5/c1-3-5-7-9-11-13-15-17-18-40-43-46-49-53-57-61-65-69-75(80)74(73-79)78-76(81)70-66-62-58-54-50-47-44-41-38-36-34-32-30-28-26-24-22-20-19-21-23-25-27-29-31-33-35-37-39-42-45-48-52-56-60-64-68-72-83-77(82)71-67-63-59-55-51-16-14-12-10-8-6-4-2/h19,21,25,27,65,69,74-75,79-80H,3-18,20,22-24,26,28-64,66-68,70-73H2,1-2H3,(H,78,81)/b21-19-,27-25-,69-65+. The lowest BCUT2D eigenvalue weighted by molar-refractivity contribution is -0.143. The molecule has 0 aliphatic rings. The van der Waals surface area contributed by atoms with Gasteiger partial charge in [-0.1, -0.05) is 378 Å². The van der Waals surface area contributed by atoms with Gasteiger partial charge in [0.15, 0.2) is 0 Å². The number of amides is 1. The number of nitrogens with one attached hydrogen (secondary N) is 1. The zero-order chi connectivity index (χ0) is 59.9. The summed E-state index contributed by atoms with van der Waals surface area (Å²) in [4.78, 5) is 24.5. The number of allylic oxidation sites excluding steroid dienone is 5. The van der Waals surface area contributed by atoms with E-state index in [0.29, 0.717) is 19.4 Å². The molecule has 0 bridgehead atoms. The van der Waals surface area contributed by atoms with E-state index in [0.717, 1.165) is 44.9 Å². The number of unbranched alkanes of at least 4 members (excludes halogenated alkanes) is 56. The minimum absolute atomic E-state index is 0.0197. The van der Waals surface area contributed by atoms with Gasteiger partial charge in [-0.25, -0.2) is 0 Å². The largest absolute Gasteiger partial charge is 0.466 e. The number of aliphatic hydroxyl groups excluding tert-OH is 2. The number of hydrogen-bond acceptors (Lipinski definition) is 5. The van der Waals surface area contributed by atoms with E-state index in [9.17, 15) is 19.8 Å². The highest BCUT2D eigenvalue weighted by Gasteiger charge is 2.18. The van der Waals surface area contributed by atoms with E-state index >= 15 is 0 Å². The van der Waals surface area contributed by atoms with Crippen LogP contribution in [0.4, 0.5) is 0 Å². The topological polar surface area (TPSA) is 95.9 Å². The molecule has 6 nitrogen and oxygen atoms in total. The van der Waals surface area contributed by atoms with Gasteiger partial charge in [-0.15, -0.1) is 0 Å². The van der Waals surface area contributed by atoms with E-state index in [1.165, 1.54) is 347 Å². The molecule has 6 heteroatoms. The number of rotatable bonds is 71. The molecule has 0 spiro atoms. The zero-order valence-electron chi connectivity index (χ0n) is 56.2. The van der Waals surface area contributed by atoms with Gasteiger partial charge in [-0.05, 0) is 64.2 Å². The molecule has 0 aromatic carbocycles. The molecule has 83 heavy (non-hydrogen) atoms. The van der Waals surface area contributed by atoms with Crippen LogP contribution in [0, 0.1) is 0 Å². The van der Waals surface area contributed by atoms with Gasteiger partial charge in [0.05, 0.1) is 25.4 Å². The maximum Gasteiger partial charge on any atom is 0.305 e. The van der Waals surface area contributed by atoms with Crippen molar-refractivity contribution in [1.82, 2.24) is 5.32 Å². The number of ether oxygens (including phenoxy) is 1. The molecule has 2 atom stereocenters. The first-order chi connectivity index (χ1) is 41.0. The van der Waals surface area contributed by atoms with Crippen molar-refractivity contribution in [2.75, 3.05) is 13.2 Å². The smallest absolute Gasteiger partial charge is 0.305 e. The predicted molar refractivity (Wildman–Crippen MR) is 366 cm³/mol. The molecule has 0 saturated carbocycles. The Morgan fingerprint density at radius 1 is 0.337 bits per heavy atom. The fraction of sp³-hybridized carbons (Fsp3) is 0.896. The molecule has 0 aromatic rings. The Balaban J connectivity index is 3.38. The fourth-order valence-electron chi connectivity index (χ4n) is 11.9. The second kappa shape index (κ2) is 72.6. The number of hydrogen-bond donors (Lipinski definition) is 3. The van der Waals surface area contributed by atoms with Crippen molar-refractivity contribution in [2.45, 2.75) is 431 Å². The first kappa shape index (κ1) is 81.1. The second-order valence-electron chi connectivity index (χ2n) is 26.0. The molecule has 0 saturated heterocycles. The van der Waals surface area contributed by atoms with Gasteiger partial charge >= 0.3 is 5.97 Å². The summed E-state index contributed by atoms with van der Waals surface area (Å²) in [5.74, 6) is -0.0423. The minimum atomic E-state index is -0.843. The van der Waals surface area contributed by atoms with Crippen LogP contribution < -0.4 is 5.32 Å². The lowest BCUT2D eigenvalue weighted by Crippen LogP contribution is -2.45. The summed E-state index contributed by atoms with van der Waals surface area (Å²) in [5, 5.41) is 23.2. The number of carbonyl (C=O) groups is 2. The van der Waals surface area contributed by atoms with Gasteiger partial charge in [0.2, 0.25) is 5.91 Å². The summed E-state index contributed by atoms with van der Waals surface area (Å²) in [6.45, 7) is 4.94. The third-order valence-electron chi connectivity index (χ3n) is 17.7. The Bertz CT molecular complexity index is 1340. The van der Waals surface area contributed by atoms with E-state index in [2.05, 4.69) is 43.5 Å². The third-order valence-corrected chi connectivity index (χ3v) is 17.7. The van der Waals surface area contributed by atoms with E-state index in [4.69, 9.17) is 4.74 Å². The number of aliphatic hydroxyl groups is 2. The van der Waals surface area contributed by atoms with Crippen molar-refractivity contribution in [3.63, 3.8) is 0 Å². The van der Waals surface area contributed by atoms with Crippen LogP contribution in [0.1, 0.15) is 418 Å². The summed E-state index contributed by atoms with van der Waals surface area (Å²) in [6, 6.07) is -0.626. The Morgan fingerprint density at radius 2 is 0.602 bits per heavy atom. The van der Waals surface area contributed by atoms with E-state index in [-0.39, 0.29) is 18.5 Å². The summed E-state index contributed by atoms with van der Waals surface area (Å²) in [6.07, 6.45) is 94.0. The average Bonchev–Trinajstić information content (AvgIpc) is 3.49. The summed E-state index contributed by atoms with van der Waals surface area (Å²) >= 11 is 0. The van der Waals surface area contributed by atoms with Crippen LogP contribution in [0.15, 0.2) is 36.5 Å². The van der Waals surface area contributed by atoms with Crippen molar-refractivity contribution in [3.05, 3.63) is 36.5 Å². The van der Waals surface area contributed by atoms with Crippen LogP contribution >= 0.6 is 0 Å². The van der Waals surface area contributed by atoms with E-state index < -0.39 is 12.1 Å². The molecule has 2 unspecified atom stereocenters. The van der Waals surface area contributed by atoms with Gasteiger partial charge < -0.3 is 20.3 Å². The molecule has 0 rings (SSSR count). The fourth-order valence-corrected chi connectivity index (χ4v) is 11.9. The lowest BCUT2D eigenvalue weighted by Gasteiger charge is -2.20. The molecule has 0 heterocycles. The van der Waals surface area contributed by atoms with Crippen LogP contribution in [-0.4, -0.2) is 47.4 Å². The molecule has 0 radical (unpaired) electrons. The van der Waals surface area contributed by atoms with Gasteiger partial charge in [-0.3, -0.25) is 9.59 Å². The predicted octanol–water partition coefficient (Wildman–Crippen LogP) is 24.7. The van der Waals surface area contributed by atoms with E-state index in [1.54, 1.807) is 6.08 Å². The zero-order valence-corrected chi connectivity index (χ0v) is 56.2. The Hall–Kier alpha value is -1.92. The van der Waals surface area contributed by atoms with Crippen molar-refractivity contribution in [2.24, 2.45) is 0 Å². The SMILES string of the molecule is CCCCCCCCCCCCCCCCC/C=C/C(O)C(CO)NC(=O)CCCCCCCCCCCCCCCCCCC/C=C\C/C=C\CCCCCCCCCCCCCCCOC(=O)CCCCCCCCCCCCCC. The Labute approximate surface area is 519 Å². The van der Waals surface area contributed by atoms with Gasteiger partial charge in [0.1, 0.15) is 0 Å². The quantitative estimate of drug-likeness (QED) is 0.0320. The van der Waals surface area contributed by atoms with Crippen molar-refractivity contribution in [1.29, 1.82) is 0 Å². The monoisotopic (exact) mass is 1170 g/mol. The normalized spacial score (nSPS) is 12.7. The highest BCUT2D eigenvalue weighted by Crippen LogP contribution is 2.19. The minimum Gasteiger partial charge on any atom is -0.466 e. The third kappa shape index (κ3) is 69.1. The summed E-state index contributed by atoms with van der Waals surface area (Å²) < 4.78 is 5.48. The Kier molecular flexibility index (Phi) is 70.9. The van der Waals surface area contributed by atoms with Crippen LogP contribution in [0.5, 0.6) is 0 Å². The van der Waals surface area contributed by atoms with Crippen molar-refractivity contribution < 1.29 is 24.5 Å². The van der Waals surface area contributed by atoms with Crippen molar-refractivity contribution in [3.8, 4) is 0 Å². The average molecular weight is 1170 g/mol. The van der Waals surface area contributed by atoms with Crippen molar-refractivity contribution >= 4 is 11.9 Å². The second-order valence-corrected chi connectivity index (χ2v) is 26.0. The van der Waals surface area contributed by atoms with Gasteiger partial charge in [0.25, 0.3) is 0 Å². The van der Waals surface area contributed by atoms with E-state index in [1.807, 2.05) is 6.08 Å². The summed E-state index contributed by atoms with van der Waals surface area (Å²) in [7, 11) is 0. The molecule has 490 valence electrons.